The quantitative estimate of drug-likeness (QED) is 0.810. The van der Waals surface area contributed by atoms with Crippen LogP contribution in [0.5, 0.6) is 0 Å². The average Bonchev–Trinajstić information content (AvgIpc) is 2.28. The second kappa shape index (κ2) is 4.11. The zero-order chi connectivity index (χ0) is 10.0. The van der Waals surface area contributed by atoms with Crippen LogP contribution in [0.1, 0.15) is 31.3 Å². The van der Waals surface area contributed by atoms with Crippen LogP contribution >= 0.6 is 11.6 Å². The zero-order valence-electron chi connectivity index (χ0n) is 8.56. The third-order valence-corrected chi connectivity index (χ3v) is 2.35. The topological polar surface area (TPSA) is 29.9 Å². The molecule has 0 saturated heterocycles. The van der Waals surface area contributed by atoms with Gasteiger partial charge in [0, 0.05) is 7.05 Å². The molecule has 0 bridgehead atoms. The average molecular weight is 202 g/mol. The summed E-state index contributed by atoms with van der Waals surface area (Å²) < 4.78 is 2.06. The number of imidazole rings is 1. The first kappa shape index (κ1) is 10.5. The van der Waals surface area contributed by atoms with E-state index in [0.717, 1.165) is 18.1 Å². The Hall–Kier alpha value is -0.540. The molecule has 1 aromatic rings. The predicted molar refractivity (Wildman–Crippen MR) is 55.1 cm³/mol. The molecule has 0 radical (unpaired) electrons. The van der Waals surface area contributed by atoms with E-state index in [-0.39, 0.29) is 0 Å². The number of nitrogens with one attached hydrogen (secondary N) is 1. The molecule has 0 amide bonds. The highest BCUT2D eigenvalue weighted by atomic mass is 35.5. The van der Waals surface area contributed by atoms with E-state index in [1.165, 1.54) is 0 Å². The van der Waals surface area contributed by atoms with Crippen molar-refractivity contribution >= 4 is 11.6 Å². The lowest BCUT2D eigenvalue weighted by molar-refractivity contribution is 0.668. The molecule has 0 atom stereocenters. The van der Waals surface area contributed by atoms with Gasteiger partial charge < -0.3 is 9.88 Å². The number of hydrogen-bond acceptors (Lipinski definition) is 2. The van der Waals surface area contributed by atoms with Crippen LogP contribution in [0.2, 0.25) is 5.15 Å². The first-order chi connectivity index (χ1) is 6.07. The summed E-state index contributed by atoms with van der Waals surface area (Å²) >= 11 is 6.02. The Labute approximate surface area is 84.1 Å². The summed E-state index contributed by atoms with van der Waals surface area (Å²) in [5.74, 6) is 1.40. The van der Waals surface area contributed by atoms with Crippen LogP contribution in [0.25, 0.3) is 0 Å². The fraction of sp³-hybridized carbons (Fsp3) is 0.667. The standard InChI is InChI=1S/C9H16ClN3/c1-6(2)8-9(10)12-7(5-11-3)13(8)4/h6,11H,5H2,1-4H3. The van der Waals surface area contributed by atoms with Crippen molar-refractivity contribution in [3.05, 3.63) is 16.7 Å². The number of aromatic nitrogens is 2. The molecule has 3 nitrogen and oxygen atoms in total. The van der Waals surface area contributed by atoms with Gasteiger partial charge in [-0.1, -0.05) is 25.4 Å². The highest BCUT2D eigenvalue weighted by Gasteiger charge is 2.14. The van der Waals surface area contributed by atoms with E-state index in [0.29, 0.717) is 11.1 Å². The summed E-state index contributed by atoms with van der Waals surface area (Å²) in [6.07, 6.45) is 0. The fourth-order valence-electron chi connectivity index (χ4n) is 1.46. The molecular formula is C9H16ClN3. The van der Waals surface area contributed by atoms with Crippen molar-refractivity contribution < 1.29 is 0 Å². The molecule has 0 spiro atoms. The second-order valence-electron chi connectivity index (χ2n) is 3.45. The van der Waals surface area contributed by atoms with Gasteiger partial charge in [0.05, 0.1) is 12.2 Å². The number of halogens is 1. The van der Waals surface area contributed by atoms with Crippen LogP contribution in [0.3, 0.4) is 0 Å². The lowest BCUT2D eigenvalue weighted by Crippen LogP contribution is -2.11. The molecule has 74 valence electrons. The fourth-order valence-corrected chi connectivity index (χ4v) is 1.91. The minimum atomic E-state index is 0.413. The summed E-state index contributed by atoms with van der Waals surface area (Å²) in [4.78, 5) is 4.29. The smallest absolute Gasteiger partial charge is 0.150 e. The third-order valence-electron chi connectivity index (χ3n) is 2.07. The third kappa shape index (κ3) is 2.03. The molecule has 1 N–H and O–H groups in total. The highest BCUT2D eigenvalue weighted by molar-refractivity contribution is 6.30. The lowest BCUT2D eigenvalue weighted by Gasteiger charge is -2.08. The highest BCUT2D eigenvalue weighted by Crippen LogP contribution is 2.23. The Morgan fingerprint density at radius 2 is 2.15 bits per heavy atom. The van der Waals surface area contributed by atoms with Gasteiger partial charge in [0.25, 0.3) is 0 Å². The Bertz CT molecular complexity index is 291. The van der Waals surface area contributed by atoms with Gasteiger partial charge in [-0.25, -0.2) is 4.98 Å². The van der Waals surface area contributed by atoms with Crippen molar-refractivity contribution in [2.45, 2.75) is 26.3 Å². The first-order valence-electron chi connectivity index (χ1n) is 4.43. The molecule has 1 aromatic heterocycles. The molecule has 0 aliphatic rings. The maximum absolute atomic E-state index is 6.02. The molecule has 0 aliphatic heterocycles. The van der Waals surface area contributed by atoms with Gasteiger partial charge in [0.1, 0.15) is 5.82 Å². The summed E-state index contributed by atoms with van der Waals surface area (Å²) in [6.45, 7) is 4.99. The molecule has 1 heterocycles. The van der Waals surface area contributed by atoms with Gasteiger partial charge in [-0.2, -0.15) is 0 Å². The van der Waals surface area contributed by atoms with Crippen molar-refractivity contribution in [3.63, 3.8) is 0 Å². The molecule has 0 unspecified atom stereocenters. The van der Waals surface area contributed by atoms with Crippen molar-refractivity contribution in [3.8, 4) is 0 Å². The van der Waals surface area contributed by atoms with Gasteiger partial charge in [0.15, 0.2) is 5.15 Å². The van der Waals surface area contributed by atoms with E-state index in [9.17, 15) is 0 Å². The van der Waals surface area contributed by atoms with Crippen molar-refractivity contribution in [1.82, 2.24) is 14.9 Å². The molecule has 0 fully saturated rings. The first-order valence-corrected chi connectivity index (χ1v) is 4.81. The molecular weight excluding hydrogens is 186 g/mol. The molecule has 0 aliphatic carbocycles. The van der Waals surface area contributed by atoms with Gasteiger partial charge in [0.2, 0.25) is 0 Å². The second-order valence-corrected chi connectivity index (χ2v) is 3.81. The monoisotopic (exact) mass is 201 g/mol. The van der Waals surface area contributed by atoms with Crippen LogP contribution in [0, 0.1) is 0 Å². The van der Waals surface area contributed by atoms with Crippen molar-refractivity contribution in [1.29, 1.82) is 0 Å². The van der Waals surface area contributed by atoms with Crippen molar-refractivity contribution in [2.75, 3.05) is 7.05 Å². The maximum Gasteiger partial charge on any atom is 0.150 e. The summed E-state index contributed by atoms with van der Waals surface area (Å²) in [5, 5.41) is 3.69. The maximum atomic E-state index is 6.02. The van der Waals surface area contributed by atoms with Crippen LogP contribution < -0.4 is 5.32 Å². The normalized spacial score (nSPS) is 11.2. The SMILES string of the molecule is CNCc1nc(Cl)c(C(C)C)n1C. The van der Waals surface area contributed by atoms with Gasteiger partial charge in [-0.05, 0) is 13.0 Å². The van der Waals surface area contributed by atoms with Crippen LogP contribution in [-0.2, 0) is 13.6 Å². The summed E-state index contributed by atoms with van der Waals surface area (Å²) in [5.41, 5.74) is 1.10. The van der Waals surface area contributed by atoms with E-state index < -0.39 is 0 Å². The predicted octanol–water partition coefficient (Wildman–Crippen LogP) is 1.92. The Balaban J connectivity index is 3.07. The lowest BCUT2D eigenvalue weighted by atomic mass is 10.1. The minimum Gasteiger partial charge on any atom is -0.332 e. The minimum absolute atomic E-state index is 0.413. The molecule has 13 heavy (non-hydrogen) atoms. The Morgan fingerprint density at radius 3 is 2.54 bits per heavy atom. The molecule has 0 saturated carbocycles. The molecule has 0 aromatic carbocycles. The van der Waals surface area contributed by atoms with Crippen LogP contribution in [0.4, 0.5) is 0 Å². The number of hydrogen-bond donors (Lipinski definition) is 1. The Morgan fingerprint density at radius 1 is 1.54 bits per heavy atom. The van der Waals surface area contributed by atoms with E-state index in [4.69, 9.17) is 11.6 Å². The van der Waals surface area contributed by atoms with Crippen molar-refractivity contribution in [2.24, 2.45) is 7.05 Å². The van der Waals surface area contributed by atoms with Gasteiger partial charge in [-0.15, -0.1) is 0 Å². The molecule has 4 heteroatoms. The Kier molecular flexibility index (Phi) is 3.33. The number of nitrogens with zero attached hydrogens (tertiary/aromatic N) is 2. The van der Waals surface area contributed by atoms with Gasteiger partial charge >= 0.3 is 0 Å². The van der Waals surface area contributed by atoms with Crippen LogP contribution in [-0.4, -0.2) is 16.6 Å². The van der Waals surface area contributed by atoms with E-state index in [2.05, 4.69) is 28.7 Å². The summed E-state index contributed by atoms with van der Waals surface area (Å²) in [7, 11) is 3.90. The van der Waals surface area contributed by atoms with E-state index in [1.807, 2.05) is 14.1 Å². The largest absolute Gasteiger partial charge is 0.332 e. The summed E-state index contributed by atoms with van der Waals surface area (Å²) in [6, 6.07) is 0. The zero-order valence-corrected chi connectivity index (χ0v) is 9.31. The van der Waals surface area contributed by atoms with Crippen LogP contribution in [0.15, 0.2) is 0 Å². The van der Waals surface area contributed by atoms with Gasteiger partial charge in [-0.3, -0.25) is 0 Å². The van der Waals surface area contributed by atoms with E-state index in [1.54, 1.807) is 0 Å². The van der Waals surface area contributed by atoms with E-state index >= 15 is 0 Å². The number of rotatable bonds is 3. The molecule has 1 rings (SSSR count).